The number of carbonyl (C=O) groups is 1. The van der Waals surface area contributed by atoms with E-state index in [0.717, 1.165) is 25.9 Å². The molecule has 2 atom stereocenters. The van der Waals surface area contributed by atoms with Crippen molar-refractivity contribution in [2.75, 3.05) is 25.5 Å². The van der Waals surface area contributed by atoms with Crippen molar-refractivity contribution in [1.29, 1.82) is 0 Å². The third-order valence-electron chi connectivity index (χ3n) is 3.62. The Labute approximate surface area is 119 Å². The zero-order valence-corrected chi connectivity index (χ0v) is 12.3. The first-order valence-corrected chi connectivity index (χ1v) is 7.18. The Hall–Kier alpha value is -1.63. The van der Waals surface area contributed by atoms with Crippen molar-refractivity contribution in [2.24, 2.45) is 0 Å². The zero-order chi connectivity index (χ0) is 14.5. The summed E-state index contributed by atoms with van der Waals surface area (Å²) in [6, 6.07) is -0.0718. The molecule has 1 aromatic rings. The molecule has 2 heterocycles. The second kappa shape index (κ2) is 6.69. The third-order valence-corrected chi connectivity index (χ3v) is 3.62. The van der Waals surface area contributed by atoms with Crippen LogP contribution in [-0.2, 0) is 4.79 Å². The fourth-order valence-electron chi connectivity index (χ4n) is 2.23. The van der Waals surface area contributed by atoms with Gasteiger partial charge in [0.2, 0.25) is 11.8 Å². The number of piperidine rings is 1. The number of nitrogens with one attached hydrogen (secondary N) is 2. The summed E-state index contributed by atoms with van der Waals surface area (Å²) in [5.41, 5.74) is 0. The maximum absolute atomic E-state index is 12.3. The SMILES string of the molecule is CNC(C)c1nnc(NC(C)C(=O)N2CCCCC2)o1. The second-order valence-electron chi connectivity index (χ2n) is 5.21. The van der Waals surface area contributed by atoms with Gasteiger partial charge in [-0.3, -0.25) is 4.79 Å². The molecule has 0 radical (unpaired) electrons. The topological polar surface area (TPSA) is 83.3 Å². The molecule has 1 fully saturated rings. The maximum atomic E-state index is 12.3. The minimum atomic E-state index is -0.355. The van der Waals surface area contributed by atoms with E-state index in [1.807, 2.05) is 25.8 Å². The minimum Gasteiger partial charge on any atom is -0.406 e. The van der Waals surface area contributed by atoms with Crippen LogP contribution in [0.5, 0.6) is 0 Å². The van der Waals surface area contributed by atoms with E-state index in [0.29, 0.717) is 11.9 Å². The number of anilines is 1. The van der Waals surface area contributed by atoms with Gasteiger partial charge in [0.1, 0.15) is 6.04 Å². The molecule has 112 valence electrons. The van der Waals surface area contributed by atoms with Crippen LogP contribution in [0.25, 0.3) is 0 Å². The lowest BCUT2D eigenvalue weighted by Crippen LogP contribution is -2.43. The minimum absolute atomic E-state index is 0.00819. The van der Waals surface area contributed by atoms with Crippen molar-refractivity contribution in [3.63, 3.8) is 0 Å². The van der Waals surface area contributed by atoms with Crippen LogP contribution >= 0.6 is 0 Å². The van der Waals surface area contributed by atoms with E-state index in [1.165, 1.54) is 6.42 Å². The van der Waals surface area contributed by atoms with Crippen molar-refractivity contribution in [1.82, 2.24) is 20.4 Å². The number of likely N-dealkylation sites (tertiary alicyclic amines) is 1. The van der Waals surface area contributed by atoms with Crippen LogP contribution in [0.4, 0.5) is 6.01 Å². The molecule has 1 aliphatic heterocycles. The van der Waals surface area contributed by atoms with E-state index < -0.39 is 0 Å². The van der Waals surface area contributed by atoms with Gasteiger partial charge in [0.05, 0.1) is 6.04 Å². The largest absolute Gasteiger partial charge is 0.406 e. The average molecular weight is 281 g/mol. The first kappa shape index (κ1) is 14.8. The Morgan fingerprint density at radius 2 is 1.95 bits per heavy atom. The highest BCUT2D eigenvalue weighted by Crippen LogP contribution is 2.15. The van der Waals surface area contributed by atoms with E-state index in [9.17, 15) is 4.79 Å². The van der Waals surface area contributed by atoms with E-state index in [2.05, 4.69) is 20.8 Å². The Morgan fingerprint density at radius 3 is 2.60 bits per heavy atom. The number of nitrogens with zero attached hydrogens (tertiary/aromatic N) is 3. The van der Waals surface area contributed by atoms with Gasteiger partial charge in [-0.05, 0) is 40.2 Å². The lowest BCUT2D eigenvalue weighted by molar-refractivity contribution is -0.132. The summed E-state index contributed by atoms with van der Waals surface area (Å²) in [6.07, 6.45) is 3.38. The van der Waals surface area contributed by atoms with Crippen LogP contribution in [0, 0.1) is 0 Å². The van der Waals surface area contributed by atoms with Gasteiger partial charge in [0, 0.05) is 13.1 Å². The van der Waals surface area contributed by atoms with Crippen molar-refractivity contribution in [3.05, 3.63) is 5.89 Å². The molecule has 0 saturated carbocycles. The van der Waals surface area contributed by atoms with Crippen LogP contribution in [0.15, 0.2) is 4.42 Å². The number of aromatic nitrogens is 2. The number of hydrogen-bond acceptors (Lipinski definition) is 6. The van der Waals surface area contributed by atoms with Crippen molar-refractivity contribution in [3.8, 4) is 0 Å². The fourth-order valence-corrected chi connectivity index (χ4v) is 2.23. The Morgan fingerprint density at radius 1 is 1.25 bits per heavy atom. The first-order chi connectivity index (χ1) is 9.61. The smallest absolute Gasteiger partial charge is 0.316 e. The molecule has 2 rings (SSSR count). The van der Waals surface area contributed by atoms with Crippen LogP contribution in [-0.4, -0.2) is 47.2 Å². The van der Waals surface area contributed by atoms with Gasteiger partial charge >= 0.3 is 6.01 Å². The molecule has 1 saturated heterocycles. The highest BCUT2D eigenvalue weighted by Gasteiger charge is 2.23. The summed E-state index contributed by atoms with van der Waals surface area (Å²) >= 11 is 0. The summed E-state index contributed by atoms with van der Waals surface area (Å²) < 4.78 is 5.48. The molecule has 7 nitrogen and oxygen atoms in total. The predicted octanol–water partition coefficient (Wildman–Crippen LogP) is 1.16. The summed E-state index contributed by atoms with van der Waals surface area (Å²) in [5, 5.41) is 13.9. The summed E-state index contributed by atoms with van der Waals surface area (Å²) in [6.45, 7) is 5.44. The normalized spacial score (nSPS) is 18.6. The Bertz CT molecular complexity index is 442. The lowest BCUT2D eigenvalue weighted by Gasteiger charge is -2.29. The molecule has 7 heteroatoms. The summed E-state index contributed by atoms with van der Waals surface area (Å²) in [5.74, 6) is 0.596. The van der Waals surface area contributed by atoms with Crippen molar-refractivity contribution in [2.45, 2.75) is 45.2 Å². The highest BCUT2D eigenvalue weighted by molar-refractivity contribution is 5.83. The van der Waals surface area contributed by atoms with Gasteiger partial charge in [-0.2, -0.15) is 0 Å². The fraction of sp³-hybridized carbons (Fsp3) is 0.769. The average Bonchev–Trinajstić information content (AvgIpc) is 2.95. The van der Waals surface area contributed by atoms with Gasteiger partial charge in [-0.25, -0.2) is 0 Å². The number of hydrogen-bond donors (Lipinski definition) is 2. The standard InChI is InChI=1S/C13H23N5O2/c1-9(14-3)11-16-17-13(20-11)15-10(2)12(19)18-7-5-4-6-8-18/h9-10,14H,4-8H2,1-3H3,(H,15,17). The molecule has 1 amide bonds. The number of amides is 1. The molecular formula is C13H23N5O2. The van der Waals surface area contributed by atoms with Crippen LogP contribution in [0.1, 0.15) is 45.0 Å². The third kappa shape index (κ3) is 3.47. The molecule has 0 aliphatic carbocycles. The summed E-state index contributed by atoms with van der Waals surface area (Å²) in [7, 11) is 1.82. The van der Waals surface area contributed by atoms with Crippen LogP contribution in [0.3, 0.4) is 0 Å². The first-order valence-electron chi connectivity index (χ1n) is 7.18. The van der Waals surface area contributed by atoms with Gasteiger partial charge in [-0.15, -0.1) is 5.10 Å². The Kier molecular flexibility index (Phi) is 4.94. The van der Waals surface area contributed by atoms with E-state index in [-0.39, 0.29) is 18.0 Å². The van der Waals surface area contributed by atoms with E-state index in [4.69, 9.17) is 4.42 Å². The molecule has 1 aromatic heterocycles. The molecule has 2 unspecified atom stereocenters. The van der Waals surface area contributed by atoms with Gasteiger partial charge < -0.3 is 20.0 Å². The van der Waals surface area contributed by atoms with Gasteiger partial charge in [0.15, 0.2) is 0 Å². The molecule has 0 aromatic carbocycles. The summed E-state index contributed by atoms with van der Waals surface area (Å²) in [4.78, 5) is 14.2. The highest BCUT2D eigenvalue weighted by atomic mass is 16.4. The van der Waals surface area contributed by atoms with Gasteiger partial charge in [-0.1, -0.05) is 5.10 Å². The van der Waals surface area contributed by atoms with Crippen LogP contribution < -0.4 is 10.6 Å². The van der Waals surface area contributed by atoms with Gasteiger partial charge in [0.25, 0.3) is 0 Å². The van der Waals surface area contributed by atoms with E-state index >= 15 is 0 Å². The molecular weight excluding hydrogens is 258 g/mol. The lowest BCUT2D eigenvalue weighted by atomic mass is 10.1. The Balaban J connectivity index is 1.91. The molecule has 0 bridgehead atoms. The molecule has 20 heavy (non-hydrogen) atoms. The zero-order valence-electron chi connectivity index (χ0n) is 12.3. The molecule has 2 N–H and O–H groups in total. The van der Waals surface area contributed by atoms with Crippen LogP contribution in [0.2, 0.25) is 0 Å². The van der Waals surface area contributed by atoms with Crippen molar-refractivity contribution < 1.29 is 9.21 Å². The molecule has 0 spiro atoms. The molecule has 1 aliphatic rings. The van der Waals surface area contributed by atoms with E-state index in [1.54, 1.807) is 0 Å². The van der Waals surface area contributed by atoms with Crippen molar-refractivity contribution >= 4 is 11.9 Å². The number of carbonyl (C=O) groups excluding carboxylic acids is 1. The quantitative estimate of drug-likeness (QED) is 0.842. The monoisotopic (exact) mass is 281 g/mol. The predicted molar refractivity (Wildman–Crippen MR) is 75.3 cm³/mol. The number of rotatable bonds is 5. The maximum Gasteiger partial charge on any atom is 0.316 e. The second-order valence-corrected chi connectivity index (χ2v) is 5.21.